The Kier molecular flexibility index (Phi) is 3.18. The van der Waals surface area contributed by atoms with Gasteiger partial charge in [-0.25, -0.2) is 8.42 Å². The maximum Gasteiger partial charge on any atom is 0.319 e. The number of nitrogens with zero attached hydrogens (tertiary/aromatic N) is 1. The van der Waals surface area contributed by atoms with E-state index in [2.05, 4.69) is 10.1 Å². The van der Waals surface area contributed by atoms with Crippen LogP contribution in [0.15, 0.2) is 0 Å². The summed E-state index contributed by atoms with van der Waals surface area (Å²) in [6.45, 7) is 1.58. The minimum atomic E-state index is -2.96. The fourth-order valence-corrected chi connectivity index (χ4v) is 4.36. The molecule has 2 fully saturated rings. The van der Waals surface area contributed by atoms with Gasteiger partial charge in [-0.2, -0.15) is 0 Å². The Morgan fingerprint density at radius 2 is 2.25 bits per heavy atom. The second-order valence-corrected chi connectivity index (χ2v) is 6.41. The Morgan fingerprint density at radius 1 is 1.50 bits per heavy atom. The Labute approximate surface area is 94.9 Å². The van der Waals surface area contributed by atoms with E-state index in [4.69, 9.17) is 0 Å². The van der Waals surface area contributed by atoms with Gasteiger partial charge in [0.05, 0.1) is 25.2 Å². The smallest absolute Gasteiger partial charge is 0.319 e. The SMILES string of the molecule is COC(=O)CN1CCN[C@@H]2CS(=O)(=O)C[C@H]21. The molecular formula is C9H16N2O4S. The number of piperazine rings is 1. The van der Waals surface area contributed by atoms with E-state index >= 15 is 0 Å². The molecule has 0 bridgehead atoms. The zero-order valence-electron chi connectivity index (χ0n) is 9.18. The molecule has 2 aliphatic heterocycles. The van der Waals surface area contributed by atoms with Crippen molar-refractivity contribution in [3.63, 3.8) is 0 Å². The average molecular weight is 248 g/mol. The molecular weight excluding hydrogens is 232 g/mol. The summed E-state index contributed by atoms with van der Waals surface area (Å²) in [7, 11) is -1.62. The third kappa shape index (κ3) is 2.36. The van der Waals surface area contributed by atoms with Gasteiger partial charge in [0, 0.05) is 25.2 Å². The van der Waals surface area contributed by atoms with Crippen LogP contribution in [0.5, 0.6) is 0 Å². The zero-order valence-corrected chi connectivity index (χ0v) is 10.00. The van der Waals surface area contributed by atoms with Crippen LogP contribution in [0.3, 0.4) is 0 Å². The summed E-state index contributed by atoms with van der Waals surface area (Å²) in [4.78, 5) is 13.1. The summed E-state index contributed by atoms with van der Waals surface area (Å²) in [6.07, 6.45) is 0. The zero-order chi connectivity index (χ0) is 11.8. The van der Waals surface area contributed by atoms with Crippen molar-refractivity contribution in [1.82, 2.24) is 10.2 Å². The Morgan fingerprint density at radius 3 is 2.94 bits per heavy atom. The number of carbonyl (C=O) groups is 1. The predicted molar refractivity (Wildman–Crippen MR) is 57.8 cm³/mol. The first-order chi connectivity index (χ1) is 7.52. The van der Waals surface area contributed by atoms with E-state index in [1.807, 2.05) is 4.90 Å². The molecule has 0 radical (unpaired) electrons. The van der Waals surface area contributed by atoms with Gasteiger partial charge in [0.15, 0.2) is 9.84 Å². The monoisotopic (exact) mass is 248 g/mol. The molecule has 92 valence electrons. The molecule has 0 spiro atoms. The van der Waals surface area contributed by atoms with Gasteiger partial charge in [0.25, 0.3) is 0 Å². The van der Waals surface area contributed by atoms with Gasteiger partial charge in [0.2, 0.25) is 0 Å². The number of carbonyl (C=O) groups excluding carboxylic acids is 1. The molecule has 2 aliphatic rings. The van der Waals surface area contributed by atoms with Gasteiger partial charge in [-0.05, 0) is 0 Å². The molecule has 2 atom stereocenters. The quantitative estimate of drug-likeness (QED) is 0.583. The second kappa shape index (κ2) is 4.31. The molecule has 6 nitrogen and oxygen atoms in total. The molecule has 2 saturated heterocycles. The normalized spacial score (nSPS) is 33.3. The van der Waals surface area contributed by atoms with Crippen LogP contribution in [0.1, 0.15) is 0 Å². The lowest BCUT2D eigenvalue weighted by Crippen LogP contribution is -2.58. The molecule has 2 rings (SSSR count). The summed E-state index contributed by atoms with van der Waals surface area (Å²) in [6, 6.07) is -0.124. The first-order valence-electron chi connectivity index (χ1n) is 5.26. The van der Waals surface area contributed by atoms with Gasteiger partial charge in [-0.3, -0.25) is 9.69 Å². The van der Waals surface area contributed by atoms with E-state index in [1.54, 1.807) is 0 Å². The number of hydrogen-bond acceptors (Lipinski definition) is 6. The molecule has 0 aliphatic carbocycles. The topological polar surface area (TPSA) is 75.7 Å². The van der Waals surface area contributed by atoms with E-state index in [0.29, 0.717) is 13.1 Å². The number of fused-ring (bicyclic) bond motifs is 1. The summed E-state index contributed by atoms with van der Waals surface area (Å²) in [5.74, 6) is 0.00161. The van der Waals surface area contributed by atoms with Crippen molar-refractivity contribution in [1.29, 1.82) is 0 Å². The fourth-order valence-electron chi connectivity index (χ4n) is 2.37. The van der Waals surface area contributed by atoms with Crippen LogP contribution in [0, 0.1) is 0 Å². The average Bonchev–Trinajstić information content (AvgIpc) is 2.53. The number of methoxy groups -OCH3 is 1. The van der Waals surface area contributed by atoms with Gasteiger partial charge in [-0.1, -0.05) is 0 Å². The Balaban J connectivity index is 2.07. The summed E-state index contributed by atoms with van der Waals surface area (Å²) < 4.78 is 27.6. The maximum atomic E-state index is 11.5. The number of esters is 1. The summed E-state index contributed by atoms with van der Waals surface area (Å²) in [5.41, 5.74) is 0. The van der Waals surface area contributed by atoms with Gasteiger partial charge >= 0.3 is 5.97 Å². The maximum absolute atomic E-state index is 11.5. The molecule has 0 amide bonds. The van der Waals surface area contributed by atoms with Crippen LogP contribution >= 0.6 is 0 Å². The van der Waals surface area contributed by atoms with Crippen molar-refractivity contribution in [2.75, 3.05) is 38.2 Å². The largest absolute Gasteiger partial charge is 0.468 e. The predicted octanol–water partition coefficient (Wildman–Crippen LogP) is -1.77. The number of ether oxygens (including phenoxy) is 1. The van der Waals surface area contributed by atoms with E-state index in [-0.39, 0.29) is 36.1 Å². The van der Waals surface area contributed by atoms with Crippen LogP contribution < -0.4 is 5.32 Å². The lowest BCUT2D eigenvalue weighted by Gasteiger charge is -2.36. The first kappa shape index (κ1) is 11.8. The number of nitrogens with one attached hydrogen (secondary N) is 1. The molecule has 0 aromatic heterocycles. The van der Waals surface area contributed by atoms with Crippen LogP contribution in [0.2, 0.25) is 0 Å². The van der Waals surface area contributed by atoms with Crippen LogP contribution in [-0.2, 0) is 19.4 Å². The highest BCUT2D eigenvalue weighted by Gasteiger charge is 2.43. The van der Waals surface area contributed by atoms with Crippen LogP contribution in [-0.4, -0.2) is 69.6 Å². The molecule has 7 heteroatoms. The minimum absolute atomic E-state index is 0.0385. The van der Waals surface area contributed by atoms with Gasteiger partial charge < -0.3 is 10.1 Å². The number of sulfone groups is 1. The first-order valence-corrected chi connectivity index (χ1v) is 7.08. The summed E-state index contributed by atoms with van der Waals surface area (Å²) >= 11 is 0. The van der Waals surface area contributed by atoms with Crippen molar-refractivity contribution < 1.29 is 17.9 Å². The molecule has 0 aromatic rings. The van der Waals surface area contributed by atoms with Crippen molar-refractivity contribution in [2.24, 2.45) is 0 Å². The third-order valence-corrected chi connectivity index (χ3v) is 4.87. The van der Waals surface area contributed by atoms with E-state index in [9.17, 15) is 13.2 Å². The highest BCUT2D eigenvalue weighted by molar-refractivity contribution is 7.91. The van der Waals surface area contributed by atoms with Gasteiger partial charge in [-0.15, -0.1) is 0 Å². The molecule has 0 saturated carbocycles. The van der Waals surface area contributed by atoms with E-state index in [1.165, 1.54) is 7.11 Å². The lowest BCUT2D eigenvalue weighted by atomic mass is 10.1. The van der Waals surface area contributed by atoms with E-state index < -0.39 is 9.84 Å². The molecule has 0 unspecified atom stereocenters. The lowest BCUT2D eigenvalue weighted by molar-refractivity contribution is -0.142. The van der Waals surface area contributed by atoms with E-state index in [0.717, 1.165) is 0 Å². The standard InChI is InChI=1S/C9H16N2O4S/c1-15-9(12)4-11-3-2-10-7-5-16(13,14)6-8(7)11/h7-8,10H,2-6H2,1H3/t7-,8-/m1/s1. The fraction of sp³-hybridized carbons (Fsp3) is 0.889. The number of rotatable bonds is 2. The van der Waals surface area contributed by atoms with Crippen molar-refractivity contribution in [3.8, 4) is 0 Å². The minimum Gasteiger partial charge on any atom is -0.468 e. The van der Waals surface area contributed by atoms with Crippen molar-refractivity contribution >= 4 is 15.8 Å². The van der Waals surface area contributed by atoms with Crippen molar-refractivity contribution in [3.05, 3.63) is 0 Å². The van der Waals surface area contributed by atoms with Crippen molar-refractivity contribution in [2.45, 2.75) is 12.1 Å². The van der Waals surface area contributed by atoms with Crippen LogP contribution in [0.4, 0.5) is 0 Å². The molecule has 2 heterocycles. The molecule has 16 heavy (non-hydrogen) atoms. The highest BCUT2D eigenvalue weighted by atomic mass is 32.2. The van der Waals surface area contributed by atoms with Gasteiger partial charge in [0.1, 0.15) is 0 Å². The van der Waals surface area contributed by atoms with Crippen LogP contribution in [0.25, 0.3) is 0 Å². The third-order valence-electron chi connectivity index (χ3n) is 3.16. The summed E-state index contributed by atoms with van der Waals surface area (Å²) in [5, 5.41) is 3.18. The number of hydrogen-bond donors (Lipinski definition) is 1. The Hall–Kier alpha value is -0.660. The second-order valence-electron chi connectivity index (χ2n) is 4.25. The highest BCUT2D eigenvalue weighted by Crippen LogP contribution is 2.20. The molecule has 0 aromatic carbocycles. The molecule has 1 N–H and O–H groups in total. The Bertz CT molecular complexity index is 381.